The number of nitrogens with two attached hydrogens (primary N) is 1. The Morgan fingerprint density at radius 2 is 2.05 bits per heavy atom. The van der Waals surface area contributed by atoms with Crippen molar-refractivity contribution >= 4 is 22.5 Å². The number of rotatable bonds is 2. The summed E-state index contributed by atoms with van der Waals surface area (Å²) < 4.78 is 0. The zero-order valence-electron chi connectivity index (χ0n) is 11.4. The number of likely N-dealkylation sites (tertiary alicyclic amines) is 1. The average molecular weight is 269 g/mol. The largest absolute Gasteiger partial charge is 0.330 e. The number of anilines is 1. The summed E-state index contributed by atoms with van der Waals surface area (Å²) in [5, 5.41) is 5.22. The molecule has 4 heteroatoms. The van der Waals surface area contributed by atoms with Crippen molar-refractivity contribution in [3.05, 3.63) is 42.5 Å². The summed E-state index contributed by atoms with van der Waals surface area (Å²) in [6.45, 7) is 2.20. The molecule has 0 aliphatic carbocycles. The van der Waals surface area contributed by atoms with E-state index in [1.54, 1.807) is 0 Å². The number of nitrogens with zero attached hydrogens (tertiary/aromatic N) is 1. The molecule has 1 unspecified atom stereocenters. The Kier molecular flexibility index (Phi) is 3.56. The Labute approximate surface area is 118 Å². The fourth-order valence-electron chi connectivity index (χ4n) is 2.74. The number of carbonyl (C=O) groups excluding carboxylic acids is 1. The van der Waals surface area contributed by atoms with Crippen molar-refractivity contribution in [3.8, 4) is 0 Å². The van der Waals surface area contributed by atoms with E-state index in [1.807, 2.05) is 47.4 Å². The molecule has 3 rings (SSSR count). The molecule has 1 fully saturated rings. The molecule has 1 saturated heterocycles. The summed E-state index contributed by atoms with van der Waals surface area (Å²) in [4.78, 5) is 14.1. The van der Waals surface area contributed by atoms with Crippen LogP contribution in [0.1, 0.15) is 6.42 Å². The van der Waals surface area contributed by atoms with E-state index in [1.165, 1.54) is 0 Å². The number of carbonyl (C=O) groups is 1. The van der Waals surface area contributed by atoms with Gasteiger partial charge in [0.15, 0.2) is 0 Å². The van der Waals surface area contributed by atoms with Crippen molar-refractivity contribution in [2.45, 2.75) is 6.42 Å². The van der Waals surface area contributed by atoms with Gasteiger partial charge in [0.05, 0.1) is 5.69 Å². The fourth-order valence-corrected chi connectivity index (χ4v) is 2.74. The molecule has 1 aliphatic heterocycles. The van der Waals surface area contributed by atoms with Gasteiger partial charge in [-0.2, -0.15) is 0 Å². The topological polar surface area (TPSA) is 58.4 Å². The van der Waals surface area contributed by atoms with Crippen molar-refractivity contribution < 1.29 is 4.79 Å². The van der Waals surface area contributed by atoms with Crippen molar-refractivity contribution in [3.63, 3.8) is 0 Å². The van der Waals surface area contributed by atoms with Crippen LogP contribution in [0.5, 0.6) is 0 Å². The maximum atomic E-state index is 12.3. The van der Waals surface area contributed by atoms with Crippen LogP contribution in [-0.2, 0) is 0 Å². The third-order valence-electron chi connectivity index (χ3n) is 3.94. The van der Waals surface area contributed by atoms with Crippen LogP contribution in [-0.4, -0.2) is 30.6 Å². The van der Waals surface area contributed by atoms with Gasteiger partial charge in [-0.15, -0.1) is 0 Å². The maximum Gasteiger partial charge on any atom is 0.321 e. The molecule has 0 bridgehead atoms. The molecule has 1 heterocycles. The molecular weight excluding hydrogens is 250 g/mol. The number of fused-ring (bicyclic) bond motifs is 1. The lowest BCUT2D eigenvalue weighted by Crippen LogP contribution is -2.33. The van der Waals surface area contributed by atoms with Crippen LogP contribution in [0.3, 0.4) is 0 Å². The van der Waals surface area contributed by atoms with Crippen LogP contribution in [0, 0.1) is 5.92 Å². The van der Waals surface area contributed by atoms with Gasteiger partial charge in [0.25, 0.3) is 0 Å². The lowest BCUT2D eigenvalue weighted by atomic mass is 10.1. The fraction of sp³-hybridized carbons (Fsp3) is 0.312. The van der Waals surface area contributed by atoms with Crippen molar-refractivity contribution in [1.82, 2.24) is 4.90 Å². The highest BCUT2D eigenvalue weighted by Crippen LogP contribution is 2.24. The molecule has 0 saturated carbocycles. The molecule has 1 aliphatic rings. The third-order valence-corrected chi connectivity index (χ3v) is 3.94. The highest BCUT2D eigenvalue weighted by atomic mass is 16.2. The monoisotopic (exact) mass is 269 g/mol. The van der Waals surface area contributed by atoms with Crippen molar-refractivity contribution in [2.75, 3.05) is 25.0 Å². The summed E-state index contributed by atoms with van der Waals surface area (Å²) >= 11 is 0. The summed E-state index contributed by atoms with van der Waals surface area (Å²) in [6.07, 6.45) is 0.999. The molecule has 1 atom stereocenters. The van der Waals surface area contributed by atoms with Crippen LogP contribution in [0.15, 0.2) is 42.5 Å². The minimum atomic E-state index is -0.0303. The summed E-state index contributed by atoms with van der Waals surface area (Å²) in [5.74, 6) is 0.438. The van der Waals surface area contributed by atoms with E-state index in [0.717, 1.165) is 36.0 Å². The first-order chi connectivity index (χ1) is 9.78. The molecule has 2 aromatic rings. The first-order valence-corrected chi connectivity index (χ1v) is 7.01. The van der Waals surface area contributed by atoms with E-state index in [4.69, 9.17) is 5.73 Å². The molecule has 4 nitrogen and oxygen atoms in total. The number of hydrogen-bond acceptors (Lipinski definition) is 2. The second-order valence-electron chi connectivity index (χ2n) is 5.29. The predicted octanol–water partition coefficient (Wildman–Crippen LogP) is 2.65. The van der Waals surface area contributed by atoms with Crippen molar-refractivity contribution in [2.24, 2.45) is 11.7 Å². The first-order valence-electron chi connectivity index (χ1n) is 7.01. The Morgan fingerprint density at radius 3 is 2.85 bits per heavy atom. The van der Waals surface area contributed by atoms with Gasteiger partial charge >= 0.3 is 6.03 Å². The van der Waals surface area contributed by atoms with Gasteiger partial charge in [-0.3, -0.25) is 0 Å². The van der Waals surface area contributed by atoms with E-state index in [-0.39, 0.29) is 6.03 Å². The van der Waals surface area contributed by atoms with Gasteiger partial charge in [0.1, 0.15) is 0 Å². The summed E-state index contributed by atoms with van der Waals surface area (Å²) in [7, 11) is 0. The normalized spacial score (nSPS) is 18.4. The zero-order chi connectivity index (χ0) is 13.9. The first kappa shape index (κ1) is 12.9. The minimum Gasteiger partial charge on any atom is -0.330 e. The molecule has 104 valence electrons. The smallest absolute Gasteiger partial charge is 0.321 e. The lowest BCUT2D eigenvalue weighted by molar-refractivity contribution is 0.221. The van der Waals surface area contributed by atoms with Crippen LogP contribution in [0.25, 0.3) is 10.8 Å². The van der Waals surface area contributed by atoms with Crippen LogP contribution in [0.2, 0.25) is 0 Å². The average Bonchev–Trinajstić information content (AvgIpc) is 2.97. The van der Waals surface area contributed by atoms with Gasteiger partial charge in [0, 0.05) is 18.5 Å². The van der Waals surface area contributed by atoms with E-state index in [2.05, 4.69) is 5.32 Å². The molecule has 2 amide bonds. The van der Waals surface area contributed by atoms with Gasteiger partial charge in [-0.1, -0.05) is 36.4 Å². The summed E-state index contributed by atoms with van der Waals surface area (Å²) in [6, 6.07) is 14.0. The van der Waals surface area contributed by atoms with Gasteiger partial charge in [-0.05, 0) is 30.3 Å². The number of amides is 2. The molecular formula is C16H19N3O. The maximum absolute atomic E-state index is 12.3. The number of benzene rings is 2. The number of nitrogens with one attached hydrogen (secondary N) is 1. The molecule has 2 aromatic carbocycles. The molecule has 0 radical (unpaired) electrons. The SMILES string of the molecule is NCC1CCN(C(=O)Nc2cccc3ccccc23)C1. The lowest BCUT2D eigenvalue weighted by Gasteiger charge is -2.18. The predicted molar refractivity (Wildman–Crippen MR) is 81.7 cm³/mol. The molecule has 0 spiro atoms. The second kappa shape index (κ2) is 5.51. The van der Waals surface area contributed by atoms with Gasteiger partial charge in [0.2, 0.25) is 0 Å². The van der Waals surface area contributed by atoms with E-state index >= 15 is 0 Å². The van der Waals surface area contributed by atoms with Crippen LogP contribution in [0.4, 0.5) is 10.5 Å². The standard InChI is InChI=1S/C16H19N3O/c17-10-12-8-9-19(11-12)16(20)18-15-7-3-5-13-4-1-2-6-14(13)15/h1-7,12H,8-11,17H2,(H,18,20). The van der Waals surface area contributed by atoms with E-state index in [0.29, 0.717) is 12.5 Å². The quantitative estimate of drug-likeness (QED) is 0.880. The van der Waals surface area contributed by atoms with Crippen molar-refractivity contribution in [1.29, 1.82) is 0 Å². The third kappa shape index (κ3) is 2.47. The number of hydrogen-bond donors (Lipinski definition) is 2. The van der Waals surface area contributed by atoms with Gasteiger partial charge < -0.3 is 16.0 Å². The molecule has 0 aromatic heterocycles. The second-order valence-corrected chi connectivity index (χ2v) is 5.29. The zero-order valence-corrected chi connectivity index (χ0v) is 11.4. The highest BCUT2D eigenvalue weighted by Gasteiger charge is 2.25. The van der Waals surface area contributed by atoms with E-state index < -0.39 is 0 Å². The molecule has 3 N–H and O–H groups in total. The summed E-state index contributed by atoms with van der Waals surface area (Å²) in [5.41, 5.74) is 6.53. The Hall–Kier alpha value is -2.07. The Balaban J connectivity index is 1.78. The highest BCUT2D eigenvalue weighted by molar-refractivity contribution is 6.01. The van der Waals surface area contributed by atoms with Gasteiger partial charge in [-0.25, -0.2) is 4.79 Å². The van der Waals surface area contributed by atoms with Crippen LogP contribution < -0.4 is 11.1 Å². The Morgan fingerprint density at radius 1 is 1.25 bits per heavy atom. The molecule has 20 heavy (non-hydrogen) atoms. The number of urea groups is 1. The van der Waals surface area contributed by atoms with Crippen LogP contribution >= 0.6 is 0 Å². The van der Waals surface area contributed by atoms with E-state index in [9.17, 15) is 4.79 Å². The Bertz CT molecular complexity index is 621. The minimum absolute atomic E-state index is 0.0303.